The molecule has 1 amide bonds. The number of thiazole rings is 1. The maximum Gasteiger partial charge on any atom is 0.416 e. The van der Waals surface area contributed by atoms with Crippen molar-refractivity contribution in [1.82, 2.24) is 4.57 Å². The fourth-order valence-corrected chi connectivity index (χ4v) is 5.20. The number of alkyl halides is 3. The highest BCUT2D eigenvalue weighted by atomic mass is 32.1. The van der Waals surface area contributed by atoms with Crippen molar-refractivity contribution in [3.63, 3.8) is 0 Å². The number of carbonyl (C=O) groups is 1. The van der Waals surface area contributed by atoms with E-state index in [9.17, 15) is 28.0 Å². The van der Waals surface area contributed by atoms with Crippen molar-refractivity contribution in [1.29, 1.82) is 5.26 Å². The molecule has 0 saturated carbocycles. The number of aromatic nitrogens is 1. The maximum absolute atomic E-state index is 13.6. The van der Waals surface area contributed by atoms with Gasteiger partial charge in [0.15, 0.2) is 5.57 Å². The van der Waals surface area contributed by atoms with E-state index in [1.54, 1.807) is 54.6 Å². The van der Waals surface area contributed by atoms with Crippen molar-refractivity contribution >= 4 is 34.6 Å². The number of hydrogen-bond acceptors (Lipinski definition) is 6. The molecule has 3 aromatic carbocycles. The van der Waals surface area contributed by atoms with Crippen molar-refractivity contribution in [3.05, 3.63) is 122 Å². The van der Waals surface area contributed by atoms with E-state index in [2.05, 4.69) is 5.32 Å². The van der Waals surface area contributed by atoms with Gasteiger partial charge in [0.2, 0.25) is 0 Å². The second-order valence-electron chi connectivity index (χ2n) is 8.85. The summed E-state index contributed by atoms with van der Waals surface area (Å²) < 4.78 is 52.0. The Hall–Kier alpha value is -5.34. The minimum absolute atomic E-state index is 0.0880. The fraction of sp³-hybridized carbons (Fsp3) is 0.0645. The molecule has 0 spiro atoms. The lowest BCUT2D eigenvalue weighted by atomic mass is 10.1. The molecule has 0 unspecified atom stereocenters. The van der Waals surface area contributed by atoms with E-state index in [0.29, 0.717) is 17.1 Å². The number of amides is 1. The minimum atomic E-state index is -4.51. The first-order valence-corrected chi connectivity index (χ1v) is 13.2. The number of benzene rings is 3. The van der Waals surface area contributed by atoms with E-state index in [1.165, 1.54) is 42.0 Å². The molecule has 42 heavy (non-hydrogen) atoms. The Bertz CT molecular complexity index is 2000. The third-order valence-electron chi connectivity index (χ3n) is 6.09. The Morgan fingerprint density at radius 1 is 1.02 bits per heavy atom. The Labute approximate surface area is 240 Å². The van der Waals surface area contributed by atoms with E-state index < -0.39 is 23.2 Å². The second-order valence-corrected chi connectivity index (χ2v) is 9.88. The standard InChI is InChI=1S/C31H20F3N3O4S/c1-40-23-12-6-9-21(16-23)36-28(38)25(18-35)30-37(22-10-3-2-4-11-22)29(39)27(42-30)17-24-13-14-26(41-24)19-7-5-8-20(15-19)31(32,33)34/h2-17H,1H3,(H,36,38). The molecule has 0 aliphatic carbocycles. The first-order valence-electron chi connectivity index (χ1n) is 12.3. The van der Waals surface area contributed by atoms with Gasteiger partial charge in [0.25, 0.3) is 11.5 Å². The van der Waals surface area contributed by atoms with Gasteiger partial charge in [-0.2, -0.15) is 18.4 Å². The minimum Gasteiger partial charge on any atom is -0.497 e. The zero-order chi connectivity index (χ0) is 29.9. The molecule has 0 radical (unpaired) electrons. The van der Waals surface area contributed by atoms with Gasteiger partial charge >= 0.3 is 6.18 Å². The molecule has 5 rings (SSSR count). The zero-order valence-electron chi connectivity index (χ0n) is 21.8. The number of carbonyl (C=O) groups excluding carboxylic acids is 1. The molecule has 5 aromatic rings. The number of ether oxygens (including phenoxy) is 1. The quantitative estimate of drug-likeness (QED) is 0.290. The average Bonchev–Trinajstić information content (AvgIpc) is 3.58. The first kappa shape index (κ1) is 28.2. The molecule has 0 saturated heterocycles. The number of nitriles is 1. The van der Waals surface area contributed by atoms with Crippen molar-refractivity contribution in [2.24, 2.45) is 0 Å². The Morgan fingerprint density at radius 3 is 2.50 bits per heavy atom. The van der Waals surface area contributed by atoms with Crippen molar-refractivity contribution < 1.29 is 27.1 Å². The Balaban J connectivity index is 1.62. The third kappa shape index (κ3) is 5.89. The van der Waals surface area contributed by atoms with Crippen LogP contribution >= 0.6 is 11.3 Å². The van der Waals surface area contributed by atoms with Crippen molar-refractivity contribution in [3.8, 4) is 28.8 Å². The number of para-hydroxylation sites is 1. The number of hydrogen-bond donors (Lipinski definition) is 1. The smallest absolute Gasteiger partial charge is 0.416 e. The normalized spacial score (nSPS) is 12.5. The van der Waals surface area contributed by atoms with Gasteiger partial charge in [0, 0.05) is 23.4 Å². The van der Waals surface area contributed by atoms with Crippen LogP contribution in [0.1, 0.15) is 11.3 Å². The zero-order valence-corrected chi connectivity index (χ0v) is 22.6. The molecule has 2 aromatic heterocycles. The number of furan rings is 1. The molecule has 7 nitrogen and oxygen atoms in total. The number of rotatable bonds is 6. The molecule has 0 fully saturated rings. The molecule has 2 heterocycles. The molecule has 1 N–H and O–H groups in total. The summed E-state index contributed by atoms with van der Waals surface area (Å²) in [6.07, 6.45) is -3.09. The van der Waals surface area contributed by atoms with E-state index >= 15 is 0 Å². The number of halogens is 3. The summed E-state index contributed by atoms with van der Waals surface area (Å²) in [5.74, 6) is 0.151. The predicted molar refractivity (Wildman–Crippen MR) is 153 cm³/mol. The molecular weight excluding hydrogens is 567 g/mol. The molecule has 0 atom stereocenters. The molecule has 0 aliphatic heterocycles. The van der Waals surface area contributed by atoms with Gasteiger partial charge in [-0.1, -0.05) is 36.4 Å². The summed E-state index contributed by atoms with van der Waals surface area (Å²) in [6, 6.07) is 24.7. The monoisotopic (exact) mass is 587 g/mol. The van der Waals surface area contributed by atoms with E-state index in [0.717, 1.165) is 23.5 Å². The molecule has 0 aliphatic rings. The average molecular weight is 588 g/mol. The van der Waals surface area contributed by atoms with Gasteiger partial charge in [-0.05, 0) is 48.5 Å². The van der Waals surface area contributed by atoms with Gasteiger partial charge in [-0.25, -0.2) is 0 Å². The lowest BCUT2D eigenvalue weighted by Crippen LogP contribution is -2.32. The van der Waals surface area contributed by atoms with Crippen LogP contribution in [0.2, 0.25) is 0 Å². The largest absolute Gasteiger partial charge is 0.497 e. The van der Waals surface area contributed by atoms with Crippen LogP contribution in [0.5, 0.6) is 5.75 Å². The summed E-state index contributed by atoms with van der Waals surface area (Å²) in [4.78, 5) is 26.9. The van der Waals surface area contributed by atoms with Crippen LogP contribution in [0, 0.1) is 11.3 Å². The summed E-state index contributed by atoms with van der Waals surface area (Å²) >= 11 is 0.907. The first-order chi connectivity index (χ1) is 20.2. The number of methoxy groups -OCH3 is 1. The van der Waals surface area contributed by atoms with Crippen LogP contribution < -0.4 is 24.8 Å². The number of nitrogens with one attached hydrogen (secondary N) is 1. The Morgan fingerprint density at radius 2 is 1.79 bits per heavy atom. The fourth-order valence-electron chi connectivity index (χ4n) is 4.12. The summed E-state index contributed by atoms with van der Waals surface area (Å²) in [6.45, 7) is 0. The van der Waals surface area contributed by atoms with Crippen LogP contribution in [-0.2, 0) is 11.0 Å². The number of anilines is 1. The van der Waals surface area contributed by atoms with Crippen LogP contribution in [0.4, 0.5) is 18.9 Å². The molecular formula is C31H20F3N3O4S. The summed E-state index contributed by atoms with van der Waals surface area (Å²) in [5.41, 5.74) is -0.594. The molecule has 0 bridgehead atoms. The maximum atomic E-state index is 13.6. The van der Waals surface area contributed by atoms with Crippen LogP contribution in [0.3, 0.4) is 0 Å². The summed E-state index contributed by atoms with van der Waals surface area (Å²) in [7, 11) is 1.48. The van der Waals surface area contributed by atoms with E-state index in [-0.39, 0.29) is 31.9 Å². The molecule has 210 valence electrons. The lowest BCUT2D eigenvalue weighted by molar-refractivity contribution is -0.137. The summed E-state index contributed by atoms with van der Waals surface area (Å²) in [5, 5.41) is 12.7. The van der Waals surface area contributed by atoms with Crippen molar-refractivity contribution in [2.75, 3.05) is 12.4 Å². The van der Waals surface area contributed by atoms with Gasteiger partial charge < -0.3 is 14.5 Å². The highest BCUT2D eigenvalue weighted by molar-refractivity contribution is 7.07. The van der Waals surface area contributed by atoms with Crippen molar-refractivity contribution in [2.45, 2.75) is 6.18 Å². The van der Waals surface area contributed by atoms with E-state index in [1.807, 2.05) is 6.07 Å². The third-order valence-corrected chi connectivity index (χ3v) is 7.19. The Kier molecular flexibility index (Phi) is 7.82. The van der Waals surface area contributed by atoms with Crippen LogP contribution in [0.15, 0.2) is 100 Å². The van der Waals surface area contributed by atoms with Crippen LogP contribution in [-0.4, -0.2) is 17.6 Å². The predicted octanol–water partition coefficient (Wildman–Crippen LogP) is 5.33. The molecule has 11 heteroatoms. The van der Waals surface area contributed by atoms with Gasteiger partial charge in [0.05, 0.1) is 22.9 Å². The second kappa shape index (κ2) is 11.6. The number of nitrogens with zero attached hydrogens (tertiary/aromatic N) is 2. The topological polar surface area (TPSA) is 97.3 Å². The SMILES string of the molecule is COc1cccc(NC(=O)C(C#N)=c2sc(=Cc3ccc(-c4cccc(C(F)(F)F)c4)o3)c(=O)n2-c2ccccc2)c1. The highest BCUT2D eigenvalue weighted by Gasteiger charge is 2.30. The highest BCUT2D eigenvalue weighted by Crippen LogP contribution is 2.32. The van der Waals surface area contributed by atoms with E-state index in [4.69, 9.17) is 9.15 Å². The van der Waals surface area contributed by atoms with Gasteiger partial charge in [0.1, 0.15) is 28.0 Å². The van der Waals surface area contributed by atoms with Gasteiger partial charge in [-0.3, -0.25) is 14.2 Å². The van der Waals surface area contributed by atoms with Gasteiger partial charge in [-0.15, -0.1) is 11.3 Å². The lowest BCUT2D eigenvalue weighted by Gasteiger charge is -2.07. The van der Waals surface area contributed by atoms with Crippen LogP contribution in [0.25, 0.3) is 28.7 Å².